The lowest BCUT2D eigenvalue weighted by Crippen LogP contribution is -2.28. The van der Waals surface area contributed by atoms with E-state index in [-0.39, 0.29) is 11.5 Å². The highest BCUT2D eigenvalue weighted by Crippen LogP contribution is 2.10. The minimum atomic E-state index is -1.02. The summed E-state index contributed by atoms with van der Waals surface area (Å²) in [6.07, 6.45) is 0.995. The number of nitrogens with one attached hydrogen (secondary N) is 1. The average molecular weight is 249 g/mol. The number of hydrogen-bond donors (Lipinski definition) is 2. The zero-order chi connectivity index (χ0) is 13.7. The standard InChI is InChI=1S/C14H19NO3/c1-4-9(2)8-15-13(16)11-5-10(3)6-12(7-11)14(17)18/h5-7,9H,4,8H2,1-3H3,(H,15,16)(H,17,18). The maximum Gasteiger partial charge on any atom is 0.335 e. The highest BCUT2D eigenvalue weighted by Gasteiger charge is 2.11. The van der Waals surface area contributed by atoms with Crippen molar-refractivity contribution in [2.24, 2.45) is 5.92 Å². The number of aryl methyl sites for hydroxylation is 1. The third-order valence-electron chi connectivity index (χ3n) is 2.89. The summed E-state index contributed by atoms with van der Waals surface area (Å²) in [6.45, 7) is 6.49. The summed E-state index contributed by atoms with van der Waals surface area (Å²) < 4.78 is 0. The molecule has 0 aliphatic rings. The van der Waals surface area contributed by atoms with Crippen LogP contribution in [0.3, 0.4) is 0 Å². The molecule has 18 heavy (non-hydrogen) atoms. The number of carboxylic acid groups (broad SMARTS) is 1. The molecule has 1 aromatic carbocycles. The molecule has 1 atom stereocenters. The Labute approximate surface area is 107 Å². The SMILES string of the molecule is CCC(C)CNC(=O)c1cc(C)cc(C(=O)O)c1. The number of amides is 1. The van der Waals surface area contributed by atoms with Gasteiger partial charge in [-0.1, -0.05) is 20.3 Å². The van der Waals surface area contributed by atoms with Crippen LogP contribution in [0.4, 0.5) is 0 Å². The number of carbonyl (C=O) groups is 2. The lowest BCUT2D eigenvalue weighted by atomic mass is 10.1. The van der Waals surface area contributed by atoms with E-state index in [1.165, 1.54) is 6.07 Å². The van der Waals surface area contributed by atoms with Gasteiger partial charge in [-0.15, -0.1) is 0 Å². The largest absolute Gasteiger partial charge is 0.478 e. The summed E-state index contributed by atoms with van der Waals surface area (Å²) >= 11 is 0. The van der Waals surface area contributed by atoms with E-state index >= 15 is 0 Å². The lowest BCUT2D eigenvalue weighted by molar-refractivity contribution is 0.0696. The fourth-order valence-electron chi connectivity index (χ4n) is 1.55. The van der Waals surface area contributed by atoms with E-state index in [1.54, 1.807) is 19.1 Å². The van der Waals surface area contributed by atoms with E-state index in [4.69, 9.17) is 5.11 Å². The molecule has 0 aliphatic carbocycles. The van der Waals surface area contributed by atoms with Gasteiger partial charge in [-0.05, 0) is 36.6 Å². The van der Waals surface area contributed by atoms with Gasteiger partial charge in [0.15, 0.2) is 0 Å². The number of benzene rings is 1. The smallest absolute Gasteiger partial charge is 0.335 e. The normalized spacial score (nSPS) is 11.9. The van der Waals surface area contributed by atoms with Crippen molar-refractivity contribution in [3.63, 3.8) is 0 Å². The fraction of sp³-hybridized carbons (Fsp3) is 0.429. The van der Waals surface area contributed by atoms with Gasteiger partial charge in [0.2, 0.25) is 0 Å². The van der Waals surface area contributed by atoms with Gasteiger partial charge in [0, 0.05) is 12.1 Å². The fourth-order valence-corrected chi connectivity index (χ4v) is 1.55. The van der Waals surface area contributed by atoms with Crippen LogP contribution in [0, 0.1) is 12.8 Å². The first-order valence-electron chi connectivity index (χ1n) is 6.07. The van der Waals surface area contributed by atoms with E-state index in [9.17, 15) is 9.59 Å². The molecule has 0 bridgehead atoms. The molecule has 0 heterocycles. The topological polar surface area (TPSA) is 66.4 Å². The molecular weight excluding hydrogens is 230 g/mol. The molecule has 0 fully saturated rings. The molecular formula is C14H19NO3. The van der Waals surface area contributed by atoms with Crippen molar-refractivity contribution in [1.82, 2.24) is 5.32 Å². The van der Waals surface area contributed by atoms with Crippen LogP contribution in [0.1, 0.15) is 46.5 Å². The second-order valence-electron chi connectivity index (χ2n) is 4.62. The molecule has 4 heteroatoms. The van der Waals surface area contributed by atoms with Gasteiger partial charge in [0.25, 0.3) is 5.91 Å². The van der Waals surface area contributed by atoms with Crippen molar-refractivity contribution in [1.29, 1.82) is 0 Å². The predicted octanol–water partition coefficient (Wildman–Crippen LogP) is 2.47. The van der Waals surface area contributed by atoms with Crippen LogP contribution < -0.4 is 5.32 Å². The van der Waals surface area contributed by atoms with Gasteiger partial charge in [-0.2, -0.15) is 0 Å². The number of rotatable bonds is 5. The molecule has 0 saturated carbocycles. The highest BCUT2D eigenvalue weighted by atomic mass is 16.4. The van der Waals surface area contributed by atoms with Crippen molar-refractivity contribution in [2.45, 2.75) is 27.2 Å². The minimum Gasteiger partial charge on any atom is -0.478 e. The molecule has 0 aliphatic heterocycles. The van der Waals surface area contributed by atoms with Gasteiger partial charge in [0.1, 0.15) is 0 Å². The summed E-state index contributed by atoms with van der Waals surface area (Å²) in [5.74, 6) is -0.825. The first-order valence-corrected chi connectivity index (χ1v) is 6.07. The second-order valence-corrected chi connectivity index (χ2v) is 4.62. The lowest BCUT2D eigenvalue weighted by Gasteiger charge is -2.11. The minimum absolute atomic E-state index is 0.142. The van der Waals surface area contributed by atoms with Crippen LogP contribution in [0.25, 0.3) is 0 Å². The molecule has 0 saturated heterocycles. The summed E-state index contributed by atoms with van der Waals surface area (Å²) in [7, 11) is 0. The summed E-state index contributed by atoms with van der Waals surface area (Å²) in [6, 6.07) is 4.65. The van der Waals surface area contributed by atoms with Gasteiger partial charge < -0.3 is 10.4 Å². The Kier molecular flexibility index (Phi) is 4.89. The maximum absolute atomic E-state index is 11.9. The van der Waals surface area contributed by atoms with E-state index in [0.717, 1.165) is 12.0 Å². The van der Waals surface area contributed by atoms with Crippen LogP contribution >= 0.6 is 0 Å². The third kappa shape index (κ3) is 3.87. The number of hydrogen-bond acceptors (Lipinski definition) is 2. The quantitative estimate of drug-likeness (QED) is 0.842. The Balaban J connectivity index is 2.82. The summed E-state index contributed by atoms with van der Waals surface area (Å²) in [5, 5.41) is 11.8. The van der Waals surface area contributed by atoms with Crippen LogP contribution in [0.2, 0.25) is 0 Å². The first kappa shape index (κ1) is 14.2. The predicted molar refractivity (Wildman–Crippen MR) is 69.9 cm³/mol. The van der Waals surface area contributed by atoms with Gasteiger partial charge in [-0.3, -0.25) is 4.79 Å². The highest BCUT2D eigenvalue weighted by molar-refractivity contribution is 5.97. The maximum atomic E-state index is 11.9. The Morgan fingerprint density at radius 3 is 2.44 bits per heavy atom. The number of carbonyl (C=O) groups excluding carboxylic acids is 1. The van der Waals surface area contributed by atoms with Crippen LogP contribution in [-0.4, -0.2) is 23.5 Å². The molecule has 98 valence electrons. The van der Waals surface area contributed by atoms with Crippen molar-refractivity contribution < 1.29 is 14.7 Å². The third-order valence-corrected chi connectivity index (χ3v) is 2.89. The van der Waals surface area contributed by atoms with Gasteiger partial charge in [0.05, 0.1) is 5.56 Å². The Morgan fingerprint density at radius 1 is 1.28 bits per heavy atom. The van der Waals surface area contributed by atoms with Crippen molar-refractivity contribution >= 4 is 11.9 Å². The molecule has 1 unspecified atom stereocenters. The van der Waals surface area contributed by atoms with E-state index in [2.05, 4.69) is 19.2 Å². The second kappa shape index (κ2) is 6.19. The molecule has 0 spiro atoms. The molecule has 0 aromatic heterocycles. The van der Waals surface area contributed by atoms with Gasteiger partial charge in [-0.25, -0.2) is 4.79 Å². The van der Waals surface area contributed by atoms with Crippen molar-refractivity contribution in [2.75, 3.05) is 6.54 Å². The first-order chi connectivity index (χ1) is 8.43. The molecule has 2 N–H and O–H groups in total. The van der Waals surface area contributed by atoms with Crippen LogP contribution in [0.15, 0.2) is 18.2 Å². The summed E-state index contributed by atoms with van der Waals surface area (Å²) in [4.78, 5) is 22.8. The van der Waals surface area contributed by atoms with Crippen molar-refractivity contribution in [3.8, 4) is 0 Å². The Morgan fingerprint density at radius 2 is 1.89 bits per heavy atom. The molecule has 0 radical (unpaired) electrons. The van der Waals surface area contributed by atoms with Crippen LogP contribution in [0.5, 0.6) is 0 Å². The number of aromatic carboxylic acids is 1. The monoisotopic (exact) mass is 249 g/mol. The molecule has 4 nitrogen and oxygen atoms in total. The zero-order valence-electron chi connectivity index (χ0n) is 11.0. The van der Waals surface area contributed by atoms with Crippen molar-refractivity contribution in [3.05, 3.63) is 34.9 Å². The average Bonchev–Trinajstić information content (AvgIpc) is 2.34. The van der Waals surface area contributed by atoms with E-state index < -0.39 is 5.97 Å². The zero-order valence-corrected chi connectivity index (χ0v) is 11.0. The summed E-state index contributed by atoms with van der Waals surface area (Å²) in [5.41, 5.74) is 1.31. The Bertz CT molecular complexity index is 454. The van der Waals surface area contributed by atoms with Crippen LogP contribution in [-0.2, 0) is 0 Å². The van der Waals surface area contributed by atoms with Gasteiger partial charge >= 0.3 is 5.97 Å². The number of carboxylic acids is 1. The Hall–Kier alpha value is -1.84. The van der Waals surface area contributed by atoms with E-state index in [1.807, 2.05) is 0 Å². The van der Waals surface area contributed by atoms with E-state index in [0.29, 0.717) is 18.0 Å². The molecule has 1 rings (SSSR count). The molecule has 1 aromatic rings. The molecule has 1 amide bonds.